The molecule has 0 bridgehead atoms. The molecular weight excluding hydrogens is 414 g/mol. The fourth-order valence-electron chi connectivity index (χ4n) is 3.80. The van der Waals surface area contributed by atoms with Crippen LogP contribution in [0.25, 0.3) is 0 Å². The minimum absolute atomic E-state index is 0.129. The van der Waals surface area contributed by atoms with Crippen molar-refractivity contribution in [3.05, 3.63) is 95.1 Å². The molecule has 33 heavy (non-hydrogen) atoms. The van der Waals surface area contributed by atoms with Gasteiger partial charge >= 0.3 is 0 Å². The number of phenolic OH excluding ortho intramolecular Hbond substituents is 3. The molecule has 0 saturated heterocycles. The summed E-state index contributed by atoms with van der Waals surface area (Å²) < 4.78 is 6.10. The van der Waals surface area contributed by atoms with Gasteiger partial charge in [0.15, 0.2) is 0 Å². The number of nitrogens with zero attached hydrogens (tertiary/aromatic N) is 1. The molecule has 168 valence electrons. The number of benzene rings is 4. The van der Waals surface area contributed by atoms with E-state index in [1.54, 1.807) is 23.1 Å². The van der Waals surface area contributed by atoms with Crippen LogP contribution in [0, 0.1) is 27.7 Å². The Bertz CT molecular complexity index is 1280. The van der Waals surface area contributed by atoms with Crippen molar-refractivity contribution in [2.75, 3.05) is 4.90 Å². The first-order valence-corrected chi connectivity index (χ1v) is 10.7. The number of aromatic hydroxyl groups is 3. The van der Waals surface area contributed by atoms with Gasteiger partial charge in [0.1, 0.15) is 28.7 Å². The zero-order valence-electron chi connectivity index (χ0n) is 19.1. The van der Waals surface area contributed by atoms with Crippen molar-refractivity contribution < 1.29 is 20.1 Å². The van der Waals surface area contributed by atoms with Crippen LogP contribution in [0.4, 0.5) is 17.1 Å². The Kier molecular flexibility index (Phi) is 5.88. The maximum atomic E-state index is 10.9. The van der Waals surface area contributed by atoms with Crippen LogP contribution < -0.4 is 9.64 Å². The molecule has 4 rings (SSSR count). The van der Waals surface area contributed by atoms with E-state index in [1.807, 2.05) is 82.3 Å². The number of ether oxygens (including phenoxy) is 1. The Balaban J connectivity index is 1.84. The Morgan fingerprint density at radius 3 is 1.79 bits per heavy atom. The standard InChI is InChI=1S/C28H27NO4/c1-17-8-5-12-23(27(17)31)29(24-13-6-9-18(2)28(24)32)21-10-7-11-22(15-21)33-26-16-25(30)19(3)14-20(26)4/h5-16,30-32H,1-4H3. The van der Waals surface area contributed by atoms with Gasteiger partial charge in [0.05, 0.1) is 17.1 Å². The topological polar surface area (TPSA) is 73.2 Å². The van der Waals surface area contributed by atoms with Crippen molar-refractivity contribution >= 4 is 17.1 Å². The lowest BCUT2D eigenvalue weighted by atomic mass is 10.1. The molecule has 0 aliphatic rings. The molecule has 0 radical (unpaired) electrons. The smallest absolute Gasteiger partial charge is 0.142 e. The number of rotatable bonds is 5. The van der Waals surface area contributed by atoms with Crippen LogP contribution in [0.2, 0.25) is 0 Å². The highest BCUT2D eigenvalue weighted by molar-refractivity contribution is 5.84. The van der Waals surface area contributed by atoms with Crippen molar-refractivity contribution in [3.8, 4) is 28.7 Å². The Hall–Kier alpha value is -4.12. The first kappa shape index (κ1) is 22.1. The second-order valence-electron chi connectivity index (χ2n) is 8.22. The van der Waals surface area contributed by atoms with Crippen molar-refractivity contribution in [1.29, 1.82) is 0 Å². The molecule has 0 saturated carbocycles. The predicted molar refractivity (Wildman–Crippen MR) is 132 cm³/mol. The lowest BCUT2D eigenvalue weighted by molar-refractivity contribution is 0.450. The predicted octanol–water partition coefficient (Wildman–Crippen LogP) is 7.30. The number of aryl methyl sites for hydroxylation is 4. The molecule has 0 aromatic heterocycles. The van der Waals surface area contributed by atoms with Crippen molar-refractivity contribution in [2.45, 2.75) is 27.7 Å². The third kappa shape index (κ3) is 4.30. The van der Waals surface area contributed by atoms with Crippen LogP contribution in [0.5, 0.6) is 28.7 Å². The summed E-state index contributed by atoms with van der Waals surface area (Å²) >= 11 is 0. The van der Waals surface area contributed by atoms with E-state index in [0.717, 1.165) is 22.3 Å². The van der Waals surface area contributed by atoms with Crippen molar-refractivity contribution in [2.24, 2.45) is 0 Å². The van der Waals surface area contributed by atoms with Gasteiger partial charge in [0.2, 0.25) is 0 Å². The van der Waals surface area contributed by atoms with E-state index in [9.17, 15) is 15.3 Å². The molecule has 0 unspecified atom stereocenters. The minimum Gasteiger partial charge on any atom is -0.508 e. The van der Waals surface area contributed by atoms with Gasteiger partial charge < -0.3 is 25.0 Å². The molecule has 0 spiro atoms. The molecular formula is C28H27NO4. The van der Waals surface area contributed by atoms with Crippen LogP contribution in [-0.4, -0.2) is 15.3 Å². The Morgan fingerprint density at radius 1 is 0.606 bits per heavy atom. The highest BCUT2D eigenvalue weighted by Gasteiger charge is 2.21. The first-order valence-electron chi connectivity index (χ1n) is 10.7. The van der Waals surface area contributed by atoms with E-state index in [1.165, 1.54) is 0 Å². The summed E-state index contributed by atoms with van der Waals surface area (Å²) in [6.07, 6.45) is 0. The van der Waals surface area contributed by atoms with E-state index in [0.29, 0.717) is 28.6 Å². The molecule has 0 aliphatic heterocycles. The molecule has 0 amide bonds. The van der Waals surface area contributed by atoms with Crippen LogP contribution in [0.3, 0.4) is 0 Å². The lowest BCUT2D eigenvalue weighted by Crippen LogP contribution is -2.11. The van der Waals surface area contributed by atoms with E-state index < -0.39 is 0 Å². The zero-order valence-corrected chi connectivity index (χ0v) is 19.1. The second-order valence-corrected chi connectivity index (χ2v) is 8.22. The molecule has 4 aromatic carbocycles. The average Bonchev–Trinajstić information content (AvgIpc) is 2.78. The first-order chi connectivity index (χ1) is 15.8. The fraction of sp³-hybridized carbons (Fsp3) is 0.143. The minimum atomic E-state index is 0.129. The van der Waals surface area contributed by atoms with Crippen LogP contribution in [-0.2, 0) is 0 Å². The summed E-state index contributed by atoms with van der Waals surface area (Å²) in [5, 5.41) is 31.8. The number of phenols is 3. The number of hydrogen-bond donors (Lipinski definition) is 3. The highest BCUT2D eigenvalue weighted by Crippen LogP contribution is 2.46. The molecule has 5 heteroatoms. The molecule has 0 heterocycles. The van der Waals surface area contributed by atoms with Gasteiger partial charge in [-0.05, 0) is 80.3 Å². The van der Waals surface area contributed by atoms with E-state index >= 15 is 0 Å². The lowest BCUT2D eigenvalue weighted by Gasteiger charge is -2.28. The third-order valence-electron chi connectivity index (χ3n) is 5.71. The third-order valence-corrected chi connectivity index (χ3v) is 5.71. The summed E-state index contributed by atoms with van der Waals surface area (Å²) in [7, 11) is 0. The summed E-state index contributed by atoms with van der Waals surface area (Å²) in [5.74, 6) is 1.54. The molecule has 5 nitrogen and oxygen atoms in total. The van der Waals surface area contributed by atoms with Crippen molar-refractivity contribution in [3.63, 3.8) is 0 Å². The second kappa shape index (κ2) is 8.79. The van der Waals surface area contributed by atoms with Gasteiger partial charge in [0, 0.05) is 12.1 Å². The van der Waals surface area contributed by atoms with Gasteiger partial charge in [-0.3, -0.25) is 0 Å². The van der Waals surface area contributed by atoms with E-state index in [-0.39, 0.29) is 17.2 Å². The normalized spacial score (nSPS) is 10.8. The van der Waals surface area contributed by atoms with Crippen molar-refractivity contribution in [1.82, 2.24) is 0 Å². The molecule has 0 atom stereocenters. The SMILES string of the molecule is Cc1cc(C)c(Oc2cccc(N(c3cccc(C)c3O)c3cccc(C)c3O)c2)cc1O. The molecule has 4 aromatic rings. The summed E-state index contributed by atoms with van der Waals surface area (Å²) in [4.78, 5) is 1.80. The largest absolute Gasteiger partial charge is 0.508 e. The zero-order chi connectivity index (χ0) is 23.7. The van der Waals surface area contributed by atoms with E-state index in [2.05, 4.69) is 0 Å². The monoisotopic (exact) mass is 441 g/mol. The van der Waals surface area contributed by atoms with Gasteiger partial charge in [-0.15, -0.1) is 0 Å². The summed E-state index contributed by atoms with van der Waals surface area (Å²) in [5.41, 5.74) is 4.91. The van der Waals surface area contributed by atoms with Gasteiger partial charge in [-0.25, -0.2) is 0 Å². The molecule has 0 aliphatic carbocycles. The Morgan fingerprint density at radius 2 is 1.18 bits per heavy atom. The van der Waals surface area contributed by atoms with Crippen LogP contribution >= 0.6 is 0 Å². The quantitative estimate of drug-likeness (QED) is 0.303. The van der Waals surface area contributed by atoms with Gasteiger partial charge in [-0.1, -0.05) is 30.3 Å². The molecule has 0 fully saturated rings. The van der Waals surface area contributed by atoms with Gasteiger partial charge in [0.25, 0.3) is 0 Å². The number of anilines is 3. The summed E-state index contributed by atoms with van der Waals surface area (Å²) in [6.45, 7) is 7.43. The Labute approximate surface area is 193 Å². The maximum absolute atomic E-state index is 10.9. The van der Waals surface area contributed by atoms with Crippen LogP contribution in [0.15, 0.2) is 72.8 Å². The number of hydrogen-bond acceptors (Lipinski definition) is 5. The molecule has 3 N–H and O–H groups in total. The highest BCUT2D eigenvalue weighted by atomic mass is 16.5. The summed E-state index contributed by atoms with van der Waals surface area (Å²) in [6, 6.07) is 21.9. The van der Waals surface area contributed by atoms with Gasteiger partial charge in [-0.2, -0.15) is 0 Å². The van der Waals surface area contributed by atoms with E-state index in [4.69, 9.17) is 4.74 Å². The van der Waals surface area contributed by atoms with Crippen LogP contribution in [0.1, 0.15) is 22.3 Å². The fourth-order valence-corrected chi connectivity index (χ4v) is 3.80. The average molecular weight is 442 g/mol. The number of para-hydroxylation sites is 2. The maximum Gasteiger partial charge on any atom is 0.142 e.